The van der Waals surface area contributed by atoms with Gasteiger partial charge in [0.15, 0.2) is 6.61 Å². The molecular weight excluding hydrogens is 308 g/mol. The van der Waals surface area contributed by atoms with Crippen LogP contribution >= 0.6 is 0 Å². The topological polar surface area (TPSA) is 84.5 Å². The molecule has 2 amide bonds. The Balaban J connectivity index is 1.77. The maximum Gasteiger partial charge on any atom is 0.338 e. The molecule has 0 saturated heterocycles. The van der Waals surface area contributed by atoms with Crippen LogP contribution in [0.2, 0.25) is 0 Å². The fraction of sp³-hybridized carbons (Fsp3) is 0.500. The molecule has 6 heteroatoms. The maximum atomic E-state index is 11.9. The molecule has 0 aliphatic heterocycles. The van der Waals surface area contributed by atoms with Crippen molar-refractivity contribution in [3.63, 3.8) is 0 Å². The van der Waals surface area contributed by atoms with Crippen LogP contribution in [0.3, 0.4) is 0 Å². The number of rotatable bonds is 8. The summed E-state index contributed by atoms with van der Waals surface area (Å²) < 4.78 is 5.00. The number of carbonyl (C=O) groups excluding carboxylic acids is 3. The number of benzene rings is 1. The van der Waals surface area contributed by atoms with Gasteiger partial charge in [0.2, 0.25) is 5.91 Å². The van der Waals surface area contributed by atoms with Gasteiger partial charge in [-0.15, -0.1) is 0 Å². The van der Waals surface area contributed by atoms with Gasteiger partial charge >= 0.3 is 5.97 Å². The summed E-state index contributed by atoms with van der Waals surface area (Å²) in [5.41, 5.74) is 0.989. The average Bonchev–Trinajstić information content (AvgIpc) is 3.38. The average molecular weight is 332 g/mol. The third-order valence-corrected chi connectivity index (χ3v) is 3.80. The molecule has 24 heavy (non-hydrogen) atoms. The zero-order valence-corrected chi connectivity index (χ0v) is 14.1. The van der Waals surface area contributed by atoms with E-state index < -0.39 is 5.97 Å². The molecule has 1 aliphatic carbocycles. The van der Waals surface area contributed by atoms with Crippen molar-refractivity contribution in [2.45, 2.75) is 45.6 Å². The van der Waals surface area contributed by atoms with Crippen LogP contribution in [0.4, 0.5) is 5.69 Å². The monoisotopic (exact) mass is 332 g/mol. The van der Waals surface area contributed by atoms with E-state index >= 15 is 0 Å². The summed E-state index contributed by atoms with van der Waals surface area (Å²) in [6.07, 6.45) is 3.74. The fourth-order valence-corrected chi connectivity index (χ4v) is 2.32. The zero-order valence-electron chi connectivity index (χ0n) is 14.1. The highest BCUT2D eigenvalue weighted by Gasteiger charge is 2.29. The minimum absolute atomic E-state index is 0.0168. The Hall–Kier alpha value is -2.37. The number of carbonyl (C=O) groups is 3. The van der Waals surface area contributed by atoms with Crippen molar-refractivity contribution in [1.82, 2.24) is 5.32 Å². The molecule has 130 valence electrons. The molecule has 0 heterocycles. The first-order valence-electron chi connectivity index (χ1n) is 8.37. The van der Waals surface area contributed by atoms with Gasteiger partial charge in [-0.2, -0.15) is 0 Å². The molecule has 1 unspecified atom stereocenters. The van der Waals surface area contributed by atoms with Crippen molar-refractivity contribution in [1.29, 1.82) is 0 Å². The predicted octanol–water partition coefficient (Wildman–Crippen LogP) is 2.50. The van der Waals surface area contributed by atoms with E-state index in [1.54, 1.807) is 24.3 Å². The second-order valence-corrected chi connectivity index (χ2v) is 6.17. The van der Waals surface area contributed by atoms with E-state index in [1.807, 2.05) is 13.8 Å². The third-order valence-electron chi connectivity index (χ3n) is 3.80. The lowest BCUT2D eigenvalue weighted by atomic mass is 10.2. The Morgan fingerprint density at radius 2 is 1.88 bits per heavy atom. The van der Waals surface area contributed by atoms with Crippen LogP contribution in [0.15, 0.2) is 24.3 Å². The number of anilines is 1. The van der Waals surface area contributed by atoms with Crippen molar-refractivity contribution >= 4 is 23.5 Å². The van der Waals surface area contributed by atoms with Gasteiger partial charge < -0.3 is 15.4 Å². The third kappa shape index (κ3) is 5.68. The standard InChI is InChI=1S/C18H24N2O4/c1-3-4-12(2)19-16(21)11-24-18(23)14-7-9-15(10-8-14)20-17(22)13-5-6-13/h7-10,12-13H,3-6,11H2,1-2H3,(H,19,21)(H,20,22). The van der Waals surface area contributed by atoms with E-state index in [1.165, 1.54) is 0 Å². The van der Waals surface area contributed by atoms with Crippen molar-refractivity contribution in [3.05, 3.63) is 29.8 Å². The minimum atomic E-state index is -0.562. The molecule has 2 rings (SSSR count). The lowest BCUT2D eigenvalue weighted by molar-refractivity contribution is -0.124. The van der Waals surface area contributed by atoms with Crippen LogP contribution in [0.1, 0.15) is 49.9 Å². The molecule has 1 aromatic rings. The first-order valence-corrected chi connectivity index (χ1v) is 8.37. The van der Waals surface area contributed by atoms with Crippen LogP contribution in [0.5, 0.6) is 0 Å². The molecule has 1 aliphatic rings. The van der Waals surface area contributed by atoms with Crippen LogP contribution in [0, 0.1) is 5.92 Å². The Morgan fingerprint density at radius 3 is 2.46 bits per heavy atom. The molecular formula is C18H24N2O4. The van der Waals surface area contributed by atoms with E-state index in [0.29, 0.717) is 11.3 Å². The molecule has 2 N–H and O–H groups in total. The Morgan fingerprint density at radius 1 is 1.21 bits per heavy atom. The van der Waals surface area contributed by atoms with Gasteiger partial charge in [0.25, 0.3) is 5.91 Å². The second-order valence-electron chi connectivity index (χ2n) is 6.17. The summed E-state index contributed by atoms with van der Waals surface area (Å²) in [6.45, 7) is 3.66. The fourth-order valence-electron chi connectivity index (χ4n) is 2.32. The van der Waals surface area contributed by atoms with Gasteiger partial charge in [-0.25, -0.2) is 4.79 Å². The molecule has 6 nitrogen and oxygen atoms in total. The Kier molecular flexibility index (Phi) is 6.35. The highest BCUT2D eigenvalue weighted by atomic mass is 16.5. The summed E-state index contributed by atoms with van der Waals surface area (Å²) >= 11 is 0. The van der Waals surface area contributed by atoms with Gasteiger partial charge in [0.1, 0.15) is 0 Å². The van der Waals surface area contributed by atoms with Gasteiger partial charge in [-0.3, -0.25) is 9.59 Å². The highest BCUT2D eigenvalue weighted by molar-refractivity contribution is 5.95. The normalized spacial score (nSPS) is 14.6. The molecule has 1 aromatic carbocycles. The molecule has 0 spiro atoms. The quantitative estimate of drug-likeness (QED) is 0.716. The molecule has 1 atom stereocenters. The van der Waals surface area contributed by atoms with Crippen LogP contribution in [0.25, 0.3) is 0 Å². The van der Waals surface area contributed by atoms with Crippen LogP contribution in [-0.2, 0) is 14.3 Å². The number of amides is 2. The van der Waals surface area contributed by atoms with Gasteiger partial charge in [-0.1, -0.05) is 13.3 Å². The van der Waals surface area contributed by atoms with E-state index in [9.17, 15) is 14.4 Å². The van der Waals surface area contributed by atoms with E-state index in [-0.39, 0.29) is 30.4 Å². The first kappa shape index (κ1) is 18.0. The number of nitrogens with one attached hydrogen (secondary N) is 2. The maximum absolute atomic E-state index is 11.9. The zero-order chi connectivity index (χ0) is 17.5. The molecule has 0 aromatic heterocycles. The largest absolute Gasteiger partial charge is 0.452 e. The smallest absolute Gasteiger partial charge is 0.338 e. The van der Waals surface area contributed by atoms with Gasteiger partial charge in [0, 0.05) is 17.6 Å². The summed E-state index contributed by atoms with van der Waals surface area (Å²) in [5.74, 6) is -0.725. The molecule has 0 bridgehead atoms. The minimum Gasteiger partial charge on any atom is -0.452 e. The summed E-state index contributed by atoms with van der Waals surface area (Å²) in [4.78, 5) is 35.3. The summed E-state index contributed by atoms with van der Waals surface area (Å²) in [7, 11) is 0. The summed E-state index contributed by atoms with van der Waals surface area (Å²) in [6, 6.07) is 6.52. The number of ether oxygens (including phenoxy) is 1. The number of esters is 1. The van der Waals surface area contributed by atoms with Gasteiger partial charge in [-0.05, 0) is 50.5 Å². The number of hydrogen-bond acceptors (Lipinski definition) is 4. The lowest BCUT2D eigenvalue weighted by Crippen LogP contribution is -2.35. The lowest BCUT2D eigenvalue weighted by Gasteiger charge is -2.12. The van der Waals surface area contributed by atoms with E-state index in [2.05, 4.69) is 10.6 Å². The first-order chi connectivity index (χ1) is 11.5. The van der Waals surface area contributed by atoms with E-state index in [0.717, 1.165) is 25.7 Å². The van der Waals surface area contributed by atoms with E-state index in [4.69, 9.17) is 4.74 Å². The van der Waals surface area contributed by atoms with Crippen LogP contribution in [-0.4, -0.2) is 30.4 Å². The van der Waals surface area contributed by atoms with Crippen molar-refractivity contribution in [2.75, 3.05) is 11.9 Å². The summed E-state index contributed by atoms with van der Waals surface area (Å²) in [5, 5.41) is 5.57. The SMILES string of the molecule is CCCC(C)NC(=O)COC(=O)c1ccc(NC(=O)C2CC2)cc1. The Bertz CT molecular complexity index is 594. The highest BCUT2D eigenvalue weighted by Crippen LogP contribution is 2.30. The second kappa shape index (κ2) is 8.47. The van der Waals surface area contributed by atoms with Gasteiger partial charge in [0.05, 0.1) is 5.56 Å². The van der Waals surface area contributed by atoms with Crippen molar-refractivity contribution < 1.29 is 19.1 Å². The molecule has 0 radical (unpaired) electrons. The van der Waals surface area contributed by atoms with Crippen molar-refractivity contribution in [3.8, 4) is 0 Å². The molecule has 1 fully saturated rings. The predicted molar refractivity (Wildman–Crippen MR) is 90.6 cm³/mol. The van der Waals surface area contributed by atoms with Crippen LogP contribution < -0.4 is 10.6 Å². The Labute approximate surface area is 142 Å². The van der Waals surface area contributed by atoms with Crippen molar-refractivity contribution in [2.24, 2.45) is 5.92 Å². The molecule has 1 saturated carbocycles. The number of hydrogen-bond donors (Lipinski definition) is 2.